The third-order valence-corrected chi connectivity index (χ3v) is 2.80. The second kappa shape index (κ2) is 6.57. The lowest BCUT2D eigenvalue weighted by molar-refractivity contribution is -0.00499. The highest BCUT2D eigenvalue weighted by Crippen LogP contribution is 2.18. The van der Waals surface area contributed by atoms with Crippen LogP contribution in [0.5, 0.6) is 0 Å². The number of nitrogens with zero attached hydrogens (tertiary/aromatic N) is 1. The number of hydrogen-bond donors (Lipinski definition) is 0. The molecule has 0 aromatic carbocycles. The minimum absolute atomic E-state index is 0.206. The lowest BCUT2D eigenvalue weighted by Crippen LogP contribution is -2.43. The summed E-state index contributed by atoms with van der Waals surface area (Å²) in [6.07, 6.45) is 1.67. The van der Waals surface area contributed by atoms with Gasteiger partial charge in [0.2, 0.25) is 0 Å². The number of rotatable bonds is 3. The first-order valence-corrected chi connectivity index (χ1v) is 7.00. The smallest absolute Gasteiger partial charge is 0.410 e. The number of ether oxygens (including phenoxy) is 2. The van der Waals surface area contributed by atoms with Crippen molar-refractivity contribution < 1.29 is 14.3 Å². The number of halogens is 1. The van der Waals surface area contributed by atoms with Gasteiger partial charge >= 0.3 is 6.09 Å². The minimum Gasteiger partial charge on any atom is -0.444 e. The van der Waals surface area contributed by atoms with Crippen LogP contribution < -0.4 is 0 Å². The van der Waals surface area contributed by atoms with Gasteiger partial charge in [0.15, 0.2) is 0 Å². The predicted octanol–water partition coefficient (Wildman–Crippen LogP) is 3.31. The second-order valence-electron chi connectivity index (χ2n) is 5.50. The maximum absolute atomic E-state index is 11.8. The average molecular weight is 320 g/mol. The van der Waals surface area contributed by atoms with Gasteiger partial charge in [0.05, 0.1) is 12.7 Å². The molecule has 5 heteroatoms. The largest absolute Gasteiger partial charge is 0.444 e. The Morgan fingerprint density at radius 1 is 1.39 bits per heavy atom. The Balaban J connectivity index is 2.30. The summed E-state index contributed by atoms with van der Waals surface area (Å²) in [6, 6.07) is 0. The maximum Gasteiger partial charge on any atom is 0.410 e. The van der Waals surface area contributed by atoms with Crippen molar-refractivity contribution in [1.29, 1.82) is 0 Å². The molecule has 0 unspecified atom stereocenters. The number of carbonyl (C=O) groups excluding carboxylic acids is 1. The molecule has 0 saturated carbocycles. The van der Waals surface area contributed by atoms with Gasteiger partial charge in [-0.3, -0.25) is 0 Å². The summed E-state index contributed by atoms with van der Waals surface area (Å²) in [5.41, 5.74) is -0.432. The third-order valence-electron chi connectivity index (χ3n) is 2.57. The zero-order valence-corrected chi connectivity index (χ0v) is 13.0. The monoisotopic (exact) mass is 319 g/mol. The van der Waals surface area contributed by atoms with E-state index in [1.54, 1.807) is 4.90 Å². The van der Waals surface area contributed by atoms with E-state index in [4.69, 9.17) is 9.47 Å². The van der Waals surface area contributed by atoms with E-state index in [1.807, 2.05) is 20.8 Å². The Bertz CT molecular complexity index is 304. The Labute approximate surface area is 117 Å². The summed E-state index contributed by atoms with van der Waals surface area (Å²) in [5, 5.41) is 0. The van der Waals surface area contributed by atoms with E-state index in [0.717, 1.165) is 17.3 Å². The lowest BCUT2D eigenvalue weighted by Gasteiger charge is -2.33. The van der Waals surface area contributed by atoms with Crippen LogP contribution >= 0.6 is 15.9 Å². The van der Waals surface area contributed by atoms with E-state index in [-0.39, 0.29) is 12.2 Å². The van der Waals surface area contributed by atoms with Crippen LogP contribution in [0.15, 0.2) is 11.1 Å². The highest BCUT2D eigenvalue weighted by molar-refractivity contribution is 9.11. The van der Waals surface area contributed by atoms with Crippen molar-refractivity contribution in [2.45, 2.75) is 45.3 Å². The Kier molecular flexibility index (Phi) is 5.66. The van der Waals surface area contributed by atoms with Crippen molar-refractivity contribution in [1.82, 2.24) is 4.90 Å². The van der Waals surface area contributed by atoms with Gasteiger partial charge in [0.25, 0.3) is 0 Å². The van der Waals surface area contributed by atoms with Crippen LogP contribution in [0.1, 0.15) is 33.6 Å². The summed E-state index contributed by atoms with van der Waals surface area (Å²) in [4.78, 5) is 13.6. The number of hydrogen-bond acceptors (Lipinski definition) is 3. The van der Waals surface area contributed by atoms with Crippen LogP contribution in [0.3, 0.4) is 0 Å². The number of amides is 1. The fourth-order valence-corrected chi connectivity index (χ4v) is 1.87. The van der Waals surface area contributed by atoms with Crippen molar-refractivity contribution in [3.63, 3.8) is 0 Å². The molecule has 0 radical (unpaired) electrons. The van der Waals surface area contributed by atoms with Crippen LogP contribution in [0, 0.1) is 0 Å². The van der Waals surface area contributed by atoms with Gasteiger partial charge in [0, 0.05) is 17.6 Å². The molecular weight excluding hydrogens is 298 g/mol. The first-order chi connectivity index (χ1) is 8.28. The Hall–Kier alpha value is -0.550. The van der Waals surface area contributed by atoms with Gasteiger partial charge in [-0.1, -0.05) is 22.5 Å². The molecule has 0 spiro atoms. The standard InChI is InChI=1S/C13H22BrNO3/c1-10(14)9-17-11-5-7-15(8-6-11)12(16)18-13(2,3)4/h11H,1,5-9H2,2-4H3. The van der Waals surface area contributed by atoms with Gasteiger partial charge in [-0.2, -0.15) is 0 Å². The molecule has 1 saturated heterocycles. The van der Waals surface area contributed by atoms with Crippen LogP contribution in [0.4, 0.5) is 4.79 Å². The molecule has 1 heterocycles. The van der Waals surface area contributed by atoms with Gasteiger partial charge in [0.1, 0.15) is 5.60 Å². The molecule has 1 fully saturated rings. The summed E-state index contributed by atoms with van der Waals surface area (Å²) in [6.45, 7) is 11.3. The topological polar surface area (TPSA) is 38.8 Å². The van der Waals surface area contributed by atoms with Crippen molar-refractivity contribution in [3.8, 4) is 0 Å². The molecule has 0 aromatic heterocycles. The molecule has 1 amide bonds. The highest BCUT2D eigenvalue weighted by atomic mass is 79.9. The average Bonchev–Trinajstić information content (AvgIpc) is 2.24. The Morgan fingerprint density at radius 3 is 2.39 bits per heavy atom. The van der Waals surface area contributed by atoms with Gasteiger partial charge in [-0.05, 0) is 33.6 Å². The fourth-order valence-electron chi connectivity index (χ4n) is 1.74. The quantitative estimate of drug-likeness (QED) is 0.801. The molecule has 0 aliphatic carbocycles. The first kappa shape index (κ1) is 15.5. The van der Waals surface area contributed by atoms with Crippen molar-refractivity contribution in [2.24, 2.45) is 0 Å². The van der Waals surface area contributed by atoms with E-state index in [9.17, 15) is 4.79 Å². The Morgan fingerprint density at radius 2 is 1.94 bits per heavy atom. The number of piperidine rings is 1. The first-order valence-electron chi connectivity index (χ1n) is 6.21. The molecule has 1 rings (SSSR count). The zero-order valence-electron chi connectivity index (χ0n) is 11.4. The summed E-state index contributed by atoms with van der Waals surface area (Å²) in [7, 11) is 0. The van der Waals surface area contributed by atoms with Crippen LogP contribution in [0.2, 0.25) is 0 Å². The predicted molar refractivity (Wildman–Crippen MR) is 74.8 cm³/mol. The second-order valence-corrected chi connectivity index (χ2v) is 6.62. The van der Waals surface area contributed by atoms with Gasteiger partial charge in [-0.25, -0.2) is 4.79 Å². The molecule has 1 aliphatic heterocycles. The number of likely N-dealkylation sites (tertiary alicyclic amines) is 1. The molecule has 0 aromatic rings. The highest BCUT2D eigenvalue weighted by Gasteiger charge is 2.26. The number of carbonyl (C=O) groups is 1. The molecule has 0 N–H and O–H groups in total. The molecule has 1 aliphatic rings. The molecule has 4 nitrogen and oxygen atoms in total. The SMILES string of the molecule is C=C(Br)COC1CCN(C(=O)OC(C)(C)C)CC1. The van der Waals surface area contributed by atoms with Crippen molar-refractivity contribution >= 4 is 22.0 Å². The summed E-state index contributed by atoms with van der Waals surface area (Å²) < 4.78 is 11.8. The van der Waals surface area contributed by atoms with Crippen LogP contribution in [0.25, 0.3) is 0 Å². The molecule has 104 valence electrons. The summed E-state index contributed by atoms with van der Waals surface area (Å²) >= 11 is 3.27. The van der Waals surface area contributed by atoms with E-state index in [0.29, 0.717) is 19.7 Å². The molecule has 18 heavy (non-hydrogen) atoms. The van der Waals surface area contributed by atoms with E-state index in [2.05, 4.69) is 22.5 Å². The third kappa shape index (κ3) is 5.87. The fraction of sp³-hybridized carbons (Fsp3) is 0.769. The molecule has 0 atom stereocenters. The van der Waals surface area contributed by atoms with Crippen LogP contribution in [-0.4, -0.2) is 42.4 Å². The molecular formula is C13H22BrNO3. The zero-order chi connectivity index (χ0) is 13.8. The van der Waals surface area contributed by atoms with E-state index in [1.165, 1.54) is 0 Å². The van der Waals surface area contributed by atoms with E-state index >= 15 is 0 Å². The van der Waals surface area contributed by atoms with Crippen molar-refractivity contribution in [2.75, 3.05) is 19.7 Å². The summed E-state index contributed by atoms with van der Waals surface area (Å²) in [5.74, 6) is 0. The normalized spacial score (nSPS) is 17.7. The van der Waals surface area contributed by atoms with Gasteiger partial charge < -0.3 is 14.4 Å². The minimum atomic E-state index is -0.432. The van der Waals surface area contributed by atoms with Gasteiger partial charge in [-0.15, -0.1) is 0 Å². The lowest BCUT2D eigenvalue weighted by atomic mass is 10.1. The van der Waals surface area contributed by atoms with Crippen molar-refractivity contribution in [3.05, 3.63) is 11.1 Å². The molecule has 0 bridgehead atoms. The van der Waals surface area contributed by atoms with E-state index < -0.39 is 5.60 Å². The van der Waals surface area contributed by atoms with Crippen LogP contribution in [-0.2, 0) is 9.47 Å². The maximum atomic E-state index is 11.8.